The van der Waals surface area contributed by atoms with Crippen LogP contribution in [-0.4, -0.2) is 62.7 Å². The summed E-state index contributed by atoms with van der Waals surface area (Å²) >= 11 is 0. The molecule has 8 heteroatoms. The van der Waals surface area contributed by atoms with Crippen LogP contribution in [0.2, 0.25) is 0 Å². The molecule has 0 aromatic heterocycles. The van der Waals surface area contributed by atoms with E-state index in [2.05, 4.69) is 11.9 Å². The molecule has 0 amide bonds. The van der Waals surface area contributed by atoms with Crippen molar-refractivity contribution in [3.8, 4) is 11.5 Å². The van der Waals surface area contributed by atoms with Gasteiger partial charge in [0.05, 0.1) is 7.11 Å². The first-order valence-electron chi connectivity index (χ1n) is 8.02. The van der Waals surface area contributed by atoms with E-state index in [0.717, 1.165) is 49.6 Å². The molecule has 1 aromatic carbocycles. The number of hydrogen-bond acceptors (Lipinski definition) is 6. The van der Waals surface area contributed by atoms with E-state index in [9.17, 15) is 0 Å². The van der Waals surface area contributed by atoms with E-state index in [1.807, 2.05) is 24.3 Å². The summed E-state index contributed by atoms with van der Waals surface area (Å²) in [6.07, 6.45) is 3.65. The Morgan fingerprint density at radius 2 is 1.85 bits per heavy atom. The molecule has 0 unspecified atom stereocenters. The van der Waals surface area contributed by atoms with Crippen LogP contribution in [0.25, 0.3) is 0 Å². The van der Waals surface area contributed by atoms with Crippen LogP contribution in [0.4, 0.5) is 0 Å². The standard InChI is InChI=1S/C16H25NO3.C2H2O4/c1-4-6-14-13-15(19-3)7-8-16(14)20-12-10-17-9-5-11-18-2;3-1(4)2(5)6/h4,7-8,13,17H,1,5-6,9-12H2,2-3H3;(H,3,4)(H,5,6). The molecule has 3 N–H and O–H groups in total. The number of benzene rings is 1. The van der Waals surface area contributed by atoms with Crippen LogP contribution in [0, 0.1) is 0 Å². The number of carbonyl (C=O) groups is 2. The molecule has 0 spiro atoms. The first kappa shape index (κ1) is 23.4. The molecule has 8 nitrogen and oxygen atoms in total. The van der Waals surface area contributed by atoms with Gasteiger partial charge in [0.1, 0.15) is 18.1 Å². The Hall–Kier alpha value is -2.58. The van der Waals surface area contributed by atoms with Crippen LogP contribution < -0.4 is 14.8 Å². The molecule has 0 saturated carbocycles. The van der Waals surface area contributed by atoms with E-state index >= 15 is 0 Å². The van der Waals surface area contributed by atoms with Crippen LogP contribution in [0.5, 0.6) is 11.5 Å². The van der Waals surface area contributed by atoms with Gasteiger partial charge in [0.25, 0.3) is 0 Å². The topological polar surface area (TPSA) is 114 Å². The average molecular weight is 369 g/mol. The first-order chi connectivity index (χ1) is 12.5. The van der Waals surface area contributed by atoms with E-state index < -0.39 is 11.9 Å². The van der Waals surface area contributed by atoms with Gasteiger partial charge < -0.3 is 29.7 Å². The normalized spacial score (nSPS) is 9.62. The molecular formula is C18H27NO7. The lowest BCUT2D eigenvalue weighted by atomic mass is 10.1. The molecule has 26 heavy (non-hydrogen) atoms. The van der Waals surface area contributed by atoms with Crippen molar-refractivity contribution in [2.75, 3.05) is 40.5 Å². The summed E-state index contributed by atoms with van der Waals surface area (Å²) in [6.45, 7) is 6.97. The Bertz CT molecular complexity index is 548. The van der Waals surface area contributed by atoms with Crippen LogP contribution in [0.15, 0.2) is 30.9 Å². The Labute approximate surface area is 153 Å². The largest absolute Gasteiger partial charge is 0.497 e. The Kier molecular flexibility index (Phi) is 13.3. The van der Waals surface area contributed by atoms with E-state index in [1.54, 1.807) is 14.2 Å². The maximum Gasteiger partial charge on any atom is 0.414 e. The van der Waals surface area contributed by atoms with E-state index in [4.69, 9.17) is 34.0 Å². The second-order valence-corrected chi connectivity index (χ2v) is 5.02. The molecule has 0 atom stereocenters. The summed E-state index contributed by atoms with van der Waals surface area (Å²) in [5.74, 6) is -1.92. The highest BCUT2D eigenvalue weighted by atomic mass is 16.5. The third kappa shape index (κ3) is 11.1. The summed E-state index contributed by atoms with van der Waals surface area (Å²) < 4.78 is 16.0. The van der Waals surface area contributed by atoms with Crippen LogP contribution in [0.1, 0.15) is 12.0 Å². The third-order valence-electron chi connectivity index (χ3n) is 3.05. The van der Waals surface area contributed by atoms with Crippen molar-refractivity contribution in [3.05, 3.63) is 36.4 Å². The van der Waals surface area contributed by atoms with Gasteiger partial charge in [0, 0.05) is 25.8 Å². The van der Waals surface area contributed by atoms with Gasteiger partial charge in [-0.3, -0.25) is 0 Å². The van der Waals surface area contributed by atoms with Gasteiger partial charge in [-0.2, -0.15) is 0 Å². The summed E-state index contributed by atoms with van der Waals surface area (Å²) in [5, 5.41) is 18.1. The molecule has 1 aromatic rings. The highest BCUT2D eigenvalue weighted by molar-refractivity contribution is 6.27. The minimum atomic E-state index is -1.82. The molecule has 0 aliphatic carbocycles. The number of hydrogen-bond donors (Lipinski definition) is 3. The maximum atomic E-state index is 9.10. The van der Waals surface area contributed by atoms with Crippen molar-refractivity contribution in [2.45, 2.75) is 12.8 Å². The van der Waals surface area contributed by atoms with Crippen LogP contribution in [0.3, 0.4) is 0 Å². The number of aliphatic carboxylic acids is 2. The number of allylic oxidation sites excluding steroid dienone is 1. The number of rotatable bonds is 11. The smallest absolute Gasteiger partial charge is 0.414 e. The molecule has 0 aliphatic heterocycles. The van der Waals surface area contributed by atoms with Gasteiger partial charge in [-0.25, -0.2) is 9.59 Å². The molecule has 0 radical (unpaired) electrons. The SMILES string of the molecule is C=CCc1cc(OC)ccc1OCCNCCCOC.O=C(O)C(=O)O. The van der Waals surface area contributed by atoms with Crippen molar-refractivity contribution in [3.63, 3.8) is 0 Å². The lowest BCUT2D eigenvalue weighted by molar-refractivity contribution is -0.159. The highest BCUT2D eigenvalue weighted by Gasteiger charge is 2.05. The van der Waals surface area contributed by atoms with Crippen molar-refractivity contribution in [1.82, 2.24) is 5.32 Å². The molecule has 0 heterocycles. The summed E-state index contributed by atoms with van der Waals surface area (Å²) in [5.41, 5.74) is 1.10. The second kappa shape index (κ2) is 14.7. The predicted octanol–water partition coefficient (Wildman–Crippen LogP) is 1.58. The minimum absolute atomic E-state index is 0.642. The summed E-state index contributed by atoms with van der Waals surface area (Å²) in [7, 11) is 3.38. The quantitative estimate of drug-likeness (QED) is 0.306. The number of methoxy groups -OCH3 is 2. The molecular weight excluding hydrogens is 342 g/mol. The summed E-state index contributed by atoms with van der Waals surface area (Å²) in [4.78, 5) is 18.2. The number of ether oxygens (including phenoxy) is 3. The highest BCUT2D eigenvalue weighted by Crippen LogP contribution is 2.24. The van der Waals surface area contributed by atoms with Gasteiger partial charge in [-0.15, -0.1) is 6.58 Å². The molecule has 0 bridgehead atoms. The van der Waals surface area contributed by atoms with Crippen LogP contribution >= 0.6 is 0 Å². The van der Waals surface area contributed by atoms with Crippen molar-refractivity contribution in [2.24, 2.45) is 0 Å². The zero-order valence-corrected chi connectivity index (χ0v) is 15.2. The Morgan fingerprint density at radius 1 is 1.15 bits per heavy atom. The molecule has 0 fully saturated rings. The van der Waals surface area contributed by atoms with Gasteiger partial charge in [0.2, 0.25) is 0 Å². The van der Waals surface area contributed by atoms with Gasteiger partial charge >= 0.3 is 11.9 Å². The number of nitrogens with one attached hydrogen (secondary N) is 1. The number of carboxylic acid groups (broad SMARTS) is 2. The molecule has 0 aliphatic rings. The minimum Gasteiger partial charge on any atom is -0.497 e. The fourth-order valence-electron chi connectivity index (χ4n) is 1.84. The Morgan fingerprint density at radius 3 is 2.38 bits per heavy atom. The molecule has 0 saturated heterocycles. The molecule has 1 rings (SSSR count). The van der Waals surface area contributed by atoms with Crippen molar-refractivity contribution < 1.29 is 34.0 Å². The summed E-state index contributed by atoms with van der Waals surface area (Å²) in [6, 6.07) is 5.85. The fraction of sp³-hybridized carbons (Fsp3) is 0.444. The zero-order valence-electron chi connectivity index (χ0n) is 15.2. The van der Waals surface area contributed by atoms with Crippen molar-refractivity contribution in [1.29, 1.82) is 0 Å². The van der Waals surface area contributed by atoms with Gasteiger partial charge in [-0.1, -0.05) is 6.08 Å². The lowest BCUT2D eigenvalue weighted by Crippen LogP contribution is -2.23. The zero-order chi connectivity index (χ0) is 19.8. The molecule has 146 valence electrons. The third-order valence-corrected chi connectivity index (χ3v) is 3.05. The maximum absolute atomic E-state index is 9.10. The first-order valence-corrected chi connectivity index (χ1v) is 8.02. The Balaban J connectivity index is 0.000000896. The fourth-order valence-corrected chi connectivity index (χ4v) is 1.84. The van der Waals surface area contributed by atoms with E-state index in [0.29, 0.717) is 6.61 Å². The lowest BCUT2D eigenvalue weighted by Gasteiger charge is -2.12. The van der Waals surface area contributed by atoms with Gasteiger partial charge in [-0.05, 0) is 37.6 Å². The van der Waals surface area contributed by atoms with Crippen LogP contribution in [-0.2, 0) is 20.7 Å². The van der Waals surface area contributed by atoms with Crippen molar-refractivity contribution >= 4 is 11.9 Å². The predicted molar refractivity (Wildman–Crippen MR) is 97.0 cm³/mol. The van der Waals surface area contributed by atoms with E-state index in [1.165, 1.54) is 0 Å². The number of carboxylic acids is 2. The van der Waals surface area contributed by atoms with E-state index in [-0.39, 0.29) is 0 Å². The monoisotopic (exact) mass is 369 g/mol. The van der Waals surface area contributed by atoms with Gasteiger partial charge in [0.15, 0.2) is 0 Å². The average Bonchev–Trinajstić information content (AvgIpc) is 2.62. The second-order valence-electron chi connectivity index (χ2n) is 5.02.